The Morgan fingerprint density at radius 2 is 2.12 bits per heavy atom. The van der Waals surface area contributed by atoms with E-state index in [0.29, 0.717) is 13.0 Å². The molecule has 0 radical (unpaired) electrons. The monoisotopic (exact) mass is 270 g/mol. The van der Waals surface area contributed by atoms with E-state index in [1.807, 2.05) is 29.2 Å². The van der Waals surface area contributed by atoms with Crippen molar-refractivity contribution in [1.29, 1.82) is 0 Å². The molecule has 2 N–H and O–H groups in total. The summed E-state index contributed by atoms with van der Waals surface area (Å²) in [5.74, 6) is 1.06. The molecule has 5 heteroatoms. The summed E-state index contributed by atoms with van der Waals surface area (Å²) in [5, 5.41) is 0.745. The molecule has 1 saturated heterocycles. The molecule has 92 valence electrons. The molecule has 1 aromatic carbocycles. The van der Waals surface area contributed by atoms with Gasteiger partial charge in [0.15, 0.2) is 0 Å². The maximum atomic E-state index is 11.5. The first kappa shape index (κ1) is 12.7. The third-order valence-corrected chi connectivity index (χ3v) is 3.93. The Morgan fingerprint density at radius 3 is 2.71 bits per heavy atom. The van der Waals surface area contributed by atoms with Crippen molar-refractivity contribution in [1.82, 2.24) is 4.90 Å². The Hall–Kier alpha value is -0.710. The number of benzene rings is 1. The van der Waals surface area contributed by atoms with Crippen molar-refractivity contribution in [3.05, 3.63) is 29.3 Å². The van der Waals surface area contributed by atoms with E-state index < -0.39 is 0 Å². The zero-order valence-corrected chi connectivity index (χ0v) is 11.0. The molecular formula is C12H15ClN2OS. The van der Waals surface area contributed by atoms with E-state index in [2.05, 4.69) is 0 Å². The summed E-state index contributed by atoms with van der Waals surface area (Å²) in [5.41, 5.74) is 5.73. The highest BCUT2D eigenvalue weighted by Gasteiger charge is 2.25. The number of amides is 1. The van der Waals surface area contributed by atoms with Gasteiger partial charge < -0.3 is 10.6 Å². The quantitative estimate of drug-likeness (QED) is 0.851. The molecule has 1 atom stereocenters. The van der Waals surface area contributed by atoms with Gasteiger partial charge in [-0.1, -0.05) is 11.6 Å². The molecule has 1 aliphatic heterocycles. The average Bonchev–Trinajstić information content (AvgIpc) is 2.60. The summed E-state index contributed by atoms with van der Waals surface area (Å²) in [6.07, 6.45) is 0.492. The van der Waals surface area contributed by atoms with Crippen LogP contribution < -0.4 is 5.73 Å². The van der Waals surface area contributed by atoms with Gasteiger partial charge in [0.05, 0.1) is 0 Å². The minimum atomic E-state index is 0.0167. The minimum Gasteiger partial charge on any atom is -0.340 e. The van der Waals surface area contributed by atoms with E-state index in [1.165, 1.54) is 4.90 Å². The Bertz CT molecular complexity index is 396. The van der Waals surface area contributed by atoms with Gasteiger partial charge in [-0.3, -0.25) is 4.79 Å². The number of thioether (sulfide) groups is 1. The van der Waals surface area contributed by atoms with Crippen LogP contribution in [0.1, 0.15) is 6.42 Å². The first-order chi connectivity index (χ1) is 8.15. The summed E-state index contributed by atoms with van der Waals surface area (Å²) in [4.78, 5) is 14.5. The van der Waals surface area contributed by atoms with Gasteiger partial charge in [-0.2, -0.15) is 0 Å². The van der Waals surface area contributed by atoms with E-state index in [1.54, 1.807) is 11.8 Å². The second kappa shape index (κ2) is 5.76. The zero-order chi connectivity index (χ0) is 12.3. The molecular weight excluding hydrogens is 256 g/mol. The van der Waals surface area contributed by atoms with Crippen molar-refractivity contribution in [2.24, 2.45) is 5.73 Å². The molecule has 2 rings (SSSR count). The molecule has 3 nitrogen and oxygen atoms in total. The number of hydrogen-bond donors (Lipinski definition) is 1. The van der Waals surface area contributed by atoms with E-state index in [-0.39, 0.29) is 11.9 Å². The van der Waals surface area contributed by atoms with Gasteiger partial charge in [0.2, 0.25) is 5.91 Å². The van der Waals surface area contributed by atoms with Gasteiger partial charge in [-0.05, 0) is 24.3 Å². The number of carbonyl (C=O) groups excluding carboxylic acids is 1. The fraction of sp³-hybridized carbons (Fsp3) is 0.417. The highest BCUT2D eigenvalue weighted by atomic mass is 35.5. The van der Waals surface area contributed by atoms with E-state index in [4.69, 9.17) is 17.3 Å². The highest BCUT2D eigenvalue weighted by Crippen LogP contribution is 2.21. The lowest BCUT2D eigenvalue weighted by Gasteiger charge is -2.15. The van der Waals surface area contributed by atoms with Crippen LogP contribution in [0.4, 0.5) is 0 Å². The lowest BCUT2D eigenvalue weighted by atomic mass is 10.3. The Balaban J connectivity index is 1.76. The fourth-order valence-electron chi connectivity index (χ4n) is 1.82. The van der Waals surface area contributed by atoms with Crippen molar-refractivity contribution in [3.63, 3.8) is 0 Å². The average molecular weight is 271 g/mol. The molecule has 1 heterocycles. The number of rotatable bonds is 4. The normalized spacial score (nSPS) is 20.0. The molecule has 1 fully saturated rings. The Morgan fingerprint density at radius 1 is 1.41 bits per heavy atom. The third kappa shape index (κ3) is 3.63. The van der Waals surface area contributed by atoms with E-state index >= 15 is 0 Å². The summed E-state index contributed by atoms with van der Waals surface area (Å²) < 4.78 is 0. The Labute approximate surface area is 110 Å². The van der Waals surface area contributed by atoms with Crippen molar-refractivity contribution in [3.8, 4) is 0 Å². The van der Waals surface area contributed by atoms with Crippen molar-refractivity contribution < 1.29 is 4.79 Å². The van der Waals surface area contributed by atoms with Crippen molar-refractivity contribution >= 4 is 29.3 Å². The first-order valence-electron chi connectivity index (χ1n) is 5.57. The SMILES string of the molecule is NC1CC(=O)N(CCSc2ccc(Cl)cc2)C1. The van der Waals surface area contributed by atoms with Crippen LogP contribution in [0, 0.1) is 0 Å². The summed E-state index contributed by atoms with van der Waals surface area (Å²) in [6, 6.07) is 7.75. The summed E-state index contributed by atoms with van der Waals surface area (Å²) in [6.45, 7) is 1.46. The fourth-order valence-corrected chi connectivity index (χ4v) is 2.83. The van der Waals surface area contributed by atoms with Gasteiger partial charge in [-0.25, -0.2) is 0 Å². The molecule has 0 spiro atoms. The second-order valence-corrected chi connectivity index (χ2v) is 5.71. The maximum absolute atomic E-state index is 11.5. The third-order valence-electron chi connectivity index (χ3n) is 2.69. The first-order valence-corrected chi connectivity index (χ1v) is 6.93. The van der Waals surface area contributed by atoms with Crippen LogP contribution in [0.15, 0.2) is 29.2 Å². The maximum Gasteiger partial charge on any atom is 0.224 e. The topological polar surface area (TPSA) is 46.3 Å². The molecule has 0 aliphatic carbocycles. The van der Waals surface area contributed by atoms with Crippen LogP contribution in [0.2, 0.25) is 5.02 Å². The van der Waals surface area contributed by atoms with E-state index in [9.17, 15) is 4.79 Å². The largest absolute Gasteiger partial charge is 0.340 e. The van der Waals surface area contributed by atoms with Crippen LogP contribution in [-0.2, 0) is 4.79 Å². The lowest BCUT2D eigenvalue weighted by molar-refractivity contribution is -0.127. The number of hydrogen-bond acceptors (Lipinski definition) is 3. The molecule has 17 heavy (non-hydrogen) atoms. The van der Waals surface area contributed by atoms with Crippen LogP contribution >= 0.6 is 23.4 Å². The molecule has 0 aromatic heterocycles. The van der Waals surface area contributed by atoms with Crippen LogP contribution in [0.5, 0.6) is 0 Å². The van der Waals surface area contributed by atoms with E-state index in [0.717, 1.165) is 17.3 Å². The zero-order valence-electron chi connectivity index (χ0n) is 9.43. The Kier molecular flexibility index (Phi) is 4.31. The smallest absolute Gasteiger partial charge is 0.224 e. The van der Waals surface area contributed by atoms with Gasteiger partial charge in [0.1, 0.15) is 0 Å². The lowest BCUT2D eigenvalue weighted by Crippen LogP contribution is -2.30. The van der Waals surface area contributed by atoms with Crippen LogP contribution in [-0.4, -0.2) is 35.7 Å². The molecule has 0 bridgehead atoms. The van der Waals surface area contributed by atoms with Gasteiger partial charge in [0.25, 0.3) is 0 Å². The summed E-state index contributed by atoms with van der Waals surface area (Å²) in [7, 11) is 0. The summed E-state index contributed by atoms with van der Waals surface area (Å²) >= 11 is 7.53. The van der Waals surface area contributed by atoms with Gasteiger partial charge in [0, 0.05) is 41.2 Å². The van der Waals surface area contributed by atoms with Crippen molar-refractivity contribution in [2.45, 2.75) is 17.4 Å². The molecule has 1 amide bonds. The predicted molar refractivity (Wildman–Crippen MR) is 71.3 cm³/mol. The number of nitrogens with zero attached hydrogens (tertiary/aromatic N) is 1. The number of carbonyl (C=O) groups is 1. The molecule has 1 unspecified atom stereocenters. The second-order valence-electron chi connectivity index (χ2n) is 4.11. The highest BCUT2D eigenvalue weighted by molar-refractivity contribution is 7.99. The molecule has 1 aliphatic rings. The van der Waals surface area contributed by atoms with Gasteiger partial charge in [-0.15, -0.1) is 11.8 Å². The van der Waals surface area contributed by atoms with Gasteiger partial charge >= 0.3 is 0 Å². The predicted octanol–water partition coefficient (Wildman–Crippen LogP) is 1.99. The number of nitrogens with two attached hydrogens (primary N) is 1. The van der Waals surface area contributed by atoms with Crippen LogP contribution in [0.25, 0.3) is 0 Å². The van der Waals surface area contributed by atoms with Crippen LogP contribution in [0.3, 0.4) is 0 Å². The number of halogens is 1. The van der Waals surface area contributed by atoms with Crippen molar-refractivity contribution in [2.75, 3.05) is 18.8 Å². The molecule has 0 saturated carbocycles. The number of likely N-dealkylation sites (tertiary alicyclic amines) is 1. The standard InChI is InChI=1S/C12H15ClN2OS/c13-9-1-3-11(4-2-9)17-6-5-15-8-10(14)7-12(15)16/h1-4,10H,5-8,14H2. The minimum absolute atomic E-state index is 0.0167. The molecule has 1 aromatic rings.